The van der Waals surface area contributed by atoms with Crippen molar-refractivity contribution in [2.24, 2.45) is 0 Å². The Labute approximate surface area is 187 Å². The first-order valence-corrected chi connectivity index (χ1v) is 10.5. The highest BCUT2D eigenvalue weighted by Crippen LogP contribution is 2.33. The maximum Gasteiger partial charge on any atom is 0.337 e. The normalized spacial score (nSPS) is 13.6. The highest BCUT2D eigenvalue weighted by atomic mass is 35.5. The van der Waals surface area contributed by atoms with Crippen LogP contribution in [0.1, 0.15) is 24.4 Å². The van der Waals surface area contributed by atoms with E-state index < -0.39 is 5.69 Å². The fourth-order valence-electron chi connectivity index (χ4n) is 3.79. The summed E-state index contributed by atoms with van der Waals surface area (Å²) >= 11 is 12.2. The predicted octanol–water partition coefficient (Wildman–Crippen LogP) is 4.05. The van der Waals surface area contributed by atoms with Crippen LogP contribution in [0.15, 0.2) is 58.4 Å². The average molecular weight is 457 g/mol. The van der Waals surface area contributed by atoms with Gasteiger partial charge in [0, 0.05) is 12.6 Å². The van der Waals surface area contributed by atoms with Gasteiger partial charge in [-0.1, -0.05) is 41.4 Å². The molecule has 0 aliphatic heterocycles. The minimum absolute atomic E-state index is 0.0984. The highest BCUT2D eigenvalue weighted by Gasteiger charge is 2.31. The van der Waals surface area contributed by atoms with Crippen molar-refractivity contribution in [3.63, 3.8) is 0 Å². The van der Waals surface area contributed by atoms with Crippen LogP contribution in [-0.4, -0.2) is 25.8 Å². The monoisotopic (exact) mass is 456 g/mol. The summed E-state index contributed by atoms with van der Waals surface area (Å²) < 4.78 is 10.00. The number of para-hydroxylation sites is 2. The summed E-state index contributed by atoms with van der Waals surface area (Å²) in [5.74, 6) is 0.519. The lowest BCUT2D eigenvalue weighted by Gasteiger charge is -2.14. The molecule has 9 heteroatoms. The Morgan fingerprint density at radius 1 is 1.10 bits per heavy atom. The molecule has 5 rings (SSSR count). The number of hydrogen-bond donors (Lipinski definition) is 0. The Kier molecular flexibility index (Phi) is 4.87. The second kappa shape index (κ2) is 7.59. The van der Waals surface area contributed by atoms with Crippen molar-refractivity contribution < 1.29 is 4.74 Å². The molecule has 2 aromatic heterocycles. The van der Waals surface area contributed by atoms with Gasteiger partial charge < -0.3 is 9.30 Å². The number of rotatable bonds is 5. The lowest BCUT2D eigenvalue weighted by molar-refractivity contribution is 0.412. The van der Waals surface area contributed by atoms with E-state index in [0.29, 0.717) is 33.5 Å². The Balaban J connectivity index is 1.78. The van der Waals surface area contributed by atoms with Gasteiger partial charge in [0.1, 0.15) is 5.75 Å². The molecular weight excluding hydrogens is 439 g/mol. The van der Waals surface area contributed by atoms with E-state index in [1.54, 1.807) is 42.3 Å². The molecule has 1 fully saturated rings. The van der Waals surface area contributed by atoms with Crippen molar-refractivity contribution in [1.29, 1.82) is 0 Å². The van der Waals surface area contributed by atoms with Crippen LogP contribution in [0.5, 0.6) is 5.75 Å². The first-order chi connectivity index (χ1) is 15.0. The Bertz CT molecular complexity index is 1430. The molecule has 1 saturated carbocycles. The van der Waals surface area contributed by atoms with E-state index >= 15 is 0 Å². The second-order valence-corrected chi connectivity index (χ2v) is 8.30. The zero-order valence-electron chi connectivity index (χ0n) is 16.6. The fourth-order valence-corrected chi connectivity index (χ4v) is 4.11. The van der Waals surface area contributed by atoms with Gasteiger partial charge in [-0.05, 0) is 42.7 Å². The molecule has 2 aromatic carbocycles. The molecule has 0 atom stereocenters. The topological polar surface area (TPSA) is 71.1 Å². The molecule has 0 unspecified atom stereocenters. The van der Waals surface area contributed by atoms with Gasteiger partial charge >= 0.3 is 5.69 Å². The highest BCUT2D eigenvalue weighted by molar-refractivity contribution is 6.42. The average Bonchev–Trinajstić information content (AvgIpc) is 3.51. The third-order valence-corrected chi connectivity index (χ3v) is 6.16. The van der Waals surface area contributed by atoms with Gasteiger partial charge in [-0.3, -0.25) is 9.36 Å². The molecule has 4 aromatic rings. The quantitative estimate of drug-likeness (QED) is 0.454. The lowest BCUT2D eigenvalue weighted by Crippen LogP contribution is -2.39. The predicted molar refractivity (Wildman–Crippen MR) is 120 cm³/mol. The molecule has 2 heterocycles. The third kappa shape index (κ3) is 3.34. The van der Waals surface area contributed by atoms with Crippen LogP contribution in [-0.2, 0) is 6.54 Å². The molecule has 0 N–H and O–H groups in total. The van der Waals surface area contributed by atoms with E-state index in [0.717, 1.165) is 18.4 Å². The van der Waals surface area contributed by atoms with Crippen LogP contribution < -0.4 is 16.0 Å². The number of nitrogens with zero attached hydrogens (tertiary/aromatic N) is 4. The van der Waals surface area contributed by atoms with Gasteiger partial charge in [-0.25, -0.2) is 14.3 Å². The Morgan fingerprint density at radius 3 is 2.58 bits per heavy atom. The van der Waals surface area contributed by atoms with Crippen LogP contribution in [0, 0.1) is 0 Å². The number of halogens is 2. The molecular formula is C22H18Cl2N4O3. The summed E-state index contributed by atoms with van der Waals surface area (Å²) in [6.07, 6.45) is 3.16. The molecule has 158 valence electrons. The van der Waals surface area contributed by atoms with E-state index in [-0.39, 0.29) is 17.2 Å². The van der Waals surface area contributed by atoms with E-state index in [4.69, 9.17) is 27.9 Å². The summed E-state index contributed by atoms with van der Waals surface area (Å²) in [4.78, 5) is 31.2. The second-order valence-electron chi connectivity index (χ2n) is 7.49. The van der Waals surface area contributed by atoms with Gasteiger partial charge in [0.2, 0.25) is 0 Å². The minimum Gasteiger partial charge on any atom is -0.495 e. The molecule has 0 spiro atoms. The number of ether oxygens (including phenoxy) is 1. The molecule has 0 amide bonds. The van der Waals surface area contributed by atoms with Crippen LogP contribution in [0.2, 0.25) is 10.0 Å². The summed E-state index contributed by atoms with van der Waals surface area (Å²) in [6.45, 7) is 0.359. The van der Waals surface area contributed by atoms with Crippen molar-refractivity contribution in [3.8, 4) is 11.4 Å². The standard InChI is InChI=1S/C22H18Cl2N4O3/c1-31-18-5-3-2-4-17(18)28-20-19(21(29)27(22(28)30)14-7-8-14)26(12-25-20)11-13-6-9-15(23)16(24)10-13/h2-6,9-10,12,14H,7-8,11H2,1H3. The molecule has 1 aliphatic rings. The molecule has 0 bridgehead atoms. The summed E-state index contributed by atoms with van der Waals surface area (Å²) in [5.41, 5.74) is 1.28. The first kappa shape index (κ1) is 19.9. The lowest BCUT2D eigenvalue weighted by atomic mass is 10.2. The molecule has 7 nitrogen and oxygen atoms in total. The van der Waals surface area contributed by atoms with Gasteiger partial charge in [0.15, 0.2) is 11.2 Å². The zero-order valence-corrected chi connectivity index (χ0v) is 18.1. The summed E-state index contributed by atoms with van der Waals surface area (Å²) in [5, 5.41) is 0.895. The van der Waals surface area contributed by atoms with E-state index in [1.807, 2.05) is 18.2 Å². The van der Waals surface area contributed by atoms with Gasteiger partial charge in [0.25, 0.3) is 5.56 Å². The van der Waals surface area contributed by atoms with E-state index in [2.05, 4.69) is 4.98 Å². The molecule has 31 heavy (non-hydrogen) atoms. The van der Waals surface area contributed by atoms with E-state index in [1.165, 1.54) is 9.13 Å². The van der Waals surface area contributed by atoms with Crippen molar-refractivity contribution in [1.82, 2.24) is 18.7 Å². The molecule has 0 radical (unpaired) electrons. The van der Waals surface area contributed by atoms with Crippen molar-refractivity contribution >= 4 is 34.4 Å². The number of aromatic nitrogens is 4. The van der Waals surface area contributed by atoms with Gasteiger partial charge in [-0.2, -0.15) is 0 Å². The first-order valence-electron chi connectivity index (χ1n) is 9.79. The summed E-state index contributed by atoms with van der Waals surface area (Å²) in [7, 11) is 1.54. The number of benzene rings is 2. The maximum atomic E-state index is 13.4. The largest absolute Gasteiger partial charge is 0.495 e. The summed E-state index contributed by atoms with van der Waals surface area (Å²) in [6, 6.07) is 12.4. The SMILES string of the molecule is COc1ccccc1-n1c(=O)n(C2CC2)c(=O)c2c1ncn2Cc1ccc(Cl)c(Cl)c1. The van der Waals surface area contributed by atoms with Crippen molar-refractivity contribution in [2.45, 2.75) is 25.4 Å². The van der Waals surface area contributed by atoms with Crippen molar-refractivity contribution in [2.75, 3.05) is 7.11 Å². The Hall–Kier alpha value is -3.03. The van der Waals surface area contributed by atoms with Gasteiger partial charge in [0.05, 0.1) is 29.2 Å². The zero-order chi connectivity index (χ0) is 21.7. The maximum absolute atomic E-state index is 13.4. The third-order valence-electron chi connectivity index (χ3n) is 5.42. The van der Waals surface area contributed by atoms with Crippen LogP contribution >= 0.6 is 23.2 Å². The van der Waals surface area contributed by atoms with Crippen molar-refractivity contribution in [3.05, 3.63) is 85.2 Å². The smallest absolute Gasteiger partial charge is 0.337 e. The number of imidazole rings is 1. The van der Waals surface area contributed by atoms with Crippen LogP contribution in [0.25, 0.3) is 16.9 Å². The van der Waals surface area contributed by atoms with Crippen LogP contribution in [0.4, 0.5) is 0 Å². The molecule has 0 saturated heterocycles. The number of methoxy groups -OCH3 is 1. The fraction of sp³-hybridized carbons (Fsp3) is 0.227. The van der Waals surface area contributed by atoms with Crippen LogP contribution in [0.3, 0.4) is 0 Å². The number of fused-ring (bicyclic) bond motifs is 1. The number of hydrogen-bond acceptors (Lipinski definition) is 4. The van der Waals surface area contributed by atoms with E-state index in [9.17, 15) is 9.59 Å². The Morgan fingerprint density at radius 2 is 1.87 bits per heavy atom. The van der Waals surface area contributed by atoms with Gasteiger partial charge in [-0.15, -0.1) is 0 Å². The minimum atomic E-state index is -0.413. The molecule has 1 aliphatic carbocycles.